The van der Waals surface area contributed by atoms with E-state index in [4.69, 9.17) is 4.99 Å². The molecule has 1 nitrogen and oxygen atoms in total. The topological polar surface area (TPSA) is 12.4 Å². The maximum atomic E-state index is 4.87. The molecule has 0 amide bonds. The second-order valence-corrected chi connectivity index (χ2v) is 9.27. The SMILES string of the molecule is C1=CC[C]([Zr+2][c]2cccc3c2C=C2C3=Nc3ccccc32)=C1.[Cl-].[Cl-]. The van der Waals surface area contributed by atoms with Gasteiger partial charge in [-0.15, -0.1) is 0 Å². The van der Waals surface area contributed by atoms with Crippen molar-refractivity contribution in [1.82, 2.24) is 0 Å². The Morgan fingerprint density at radius 1 is 0.917 bits per heavy atom. The van der Waals surface area contributed by atoms with Crippen molar-refractivity contribution in [2.45, 2.75) is 6.42 Å². The van der Waals surface area contributed by atoms with Crippen LogP contribution >= 0.6 is 0 Å². The van der Waals surface area contributed by atoms with E-state index in [1.807, 2.05) is 0 Å². The third kappa shape index (κ3) is 2.71. The zero-order valence-corrected chi connectivity index (χ0v) is 16.7. The number of hydrogen-bond acceptors (Lipinski definition) is 1. The number of nitrogens with zero attached hydrogens (tertiary/aromatic N) is 1. The van der Waals surface area contributed by atoms with E-state index >= 15 is 0 Å². The van der Waals surface area contributed by atoms with Crippen LogP contribution in [0.2, 0.25) is 0 Å². The van der Waals surface area contributed by atoms with E-state index in [1.165, 1.54) is 28.0 Å². The largest absolute Gasteiger partial charge is 1.00 e. The first-order valence-corrected chi connectivity index (χ1v) is 10.0. The molecule has 2 aromatic carbocycles. The van der Waals surface area contributed by atoms with Gasteiger partial charge in [0.15, 0.2) is 0 Å². The molecule has 2 aromatic rings. The third-order valence-corrected chi connectivity index (χ3v) is 7.83. The van der Waals surface area contributed by atoms with Gasteiger partial charge in [-0.3, -0.25) is 0 Å². The van der Waals surface area contributed by atoms with Crippen LogP contribution in [0.3, 0.4) is 0 Å². The number of rotatable bonds is 2. The fourth-order valence-corrected chi connectivity index (χ4v) is 6.47. The predicted molar refractivity (Wildman–Crippen MR) is 88.4 cm³/mol. The minimum Gasteiger partial charge on any atom is -1.00 e. The molecule has 24 heavy (non-hydrogen) atoms. The monoisotopic (exact) mass is 427 g/mol. The molecular weight excluding hydrogens is 416 g/mol. The van der Waals surface area contributed by atoms with E-state index in [-0.39, 0.29) is 24.8 Å². The first kappa shape index (κ1) is 17.6. The van der Waals surface area contributed by atoms with Gasteiger partial charge in [-0.2, -0.15) is 0 Å². The van der Waals surface area contributed by atoms with Crippen LogP contribution in [0.25, 0.3) is 11.6 Å². The van der Waals surface area contributed by atoms with Crippen molar-refractivity contribution in [3.8, 4) is 0 Å². The van der Waals surface area contributed by atoms with Gasteiger partial charge in [-0.25, -0.2) is 0 Å². The molecular formula is C20H13Cl2NZr. The van der Waals surface area contributed by atoms with E-state index in [1.54, 1.807) is 6.55 Å². The Balaban J connectivity index is 0.000000845. The van der Waals surface area contributed by atoms with Crippen molar-refractivity contribution in [3.63, 3.8) is 0 Å². The summed E-state index contributed by atoms with van der Waals surface area (Å²) < 4.78 is 3.24. The summed E-state index contributed by atoms with van der Waals surface area (Å²) in [6, 6.07) is 15.2. The first-order valence-electron chi connectivity index (χ1n) is 7.56. The van der Waals surface area contributed by atoms with Gasteiger partial charge in [0.1, 0.15) is 0 Å². The molecule has 0 saturated carbocycles. The van der Waals surface area contributed by atoms with Crippen LogP contribution in [0.5, 0.6) is 0 Å². The van der Waals surface area contributed by atoms with Crippen LogP contribution in [0.15, 0.2) is 69.0 Å². The van der Waals surface area contributed by atoms with E-state index in [0.717, 1.165) is 12.1 Å². The first-order chi connectivity index (χ1) is 10.9. The van der Waals surface area contributed by atoms with E-state index in [9.17, 15) is 0 Å². The Morgan fingerprint density at radius 2 is 1.75 bits per heavy atom. The van der Waals surface area contributed by atoms with E-state index in [2.05, 4.69) is 66.8 Å². The van der Waals surface area contributed by atoms with Gasteiger partial charge in [0.25, 0.3) is 0 Å². The van der Waals surface area contributed by atoms with Crippen LogP contribution in [-0.4, -0.2) is 5.71 Å². The zero-order valence-electron chi connectivity index (χ0n) is 12.8. The quantitative estimate of drug-likeness (QED) is 0.536. The van der Waals surface area contributed by atoms with Crippen molar-refractivity contribution < 1.29 is 48.0 Å². The molecule has 0 saturated heterocycles. The summed E-state index contributed by atoms with van der Waals surface area (Å²) in [5.41, 5.74) is 7.66. The maximum absolute atomic E-state index is 4.87. The second kappa shape index (κ2) is 6.96. The average molecular weight is 429 g/mol. The molecule has 0 N–H and O–H groups in total. The number of benzene rings is 2. The summed E-state index contributed by atoms with van der Waals surface area (Å²) in [4.78, 5) is 4.87. The summed E-state index contributed by atoms with van der Waals surface area (Å²) in [6.07, 6.45) is 10.3. The predicted octanol–water partition coefficient (Wildman–Crippen LogP) is -1.77. The van der Waals surface area contributed by atoms with Gasteiger partial charge in [0.05, 0.1) is 0 Å². The molecule has 0 bridgehead atoms. The van der Waals surface area contributed by atoms with Gasteiger partial charge < -0.3 is 24.8 Å². The van der Waals surface area contributed by atoms with Gasteiger partial charge in [-0.1, -0.05) is 0 Å². The summed E-state index contributed by atoms with van der Waals surface area (Å²) in [5, 5.41) is 0. The fourth-order valence-electron chi connectivity index (χ4n) is 3.35. The van der Waals surface area contributed by atoms with Crippen molar-refractivity contribution in [2.75, 3.05) is 0 Å². The summed E-state index contributed by atoms with van der Waals surface area (Å²) in [7, 11) is 0. The van der Waals surface area contributed by atoms with E-state index in [0.29, 0.717) is 0 Å². The smallest absolute Gasteiger partial charge is 1.00 e. The Hall–Kier alpha value is -1.21. The van der Waals surface area contributed by atoms with Crippen LogP contribution < -0.4 is 28.1 Å². The maximum Gasteiger partial charge on any atom is -1.00 e. The van der Waals surface area contributed by atoms with Crippen molar-refractivity contribution in [3.05, 3.63) is 80.7 Å². The molecule has 2 aliphatic carbocycles. The molecule has 1 heterocycles. The van der Waals surface area contributed by atoms with Gasteiger partial charge in [-0.05, 0) is 0 Å². The zero-order chi connectivity index (χ0) is 14.5. The molecule has 0 fully saturated rings. The number of aliphatic imine (C=N–C) groups is 1. The molecule has 3 aliphatic rings. The number of hydrogen-bond donors (Lipinski definition) is 0. The molecule has 0 aromatic heterocycles. The Bertz CT molecular complexity index is 938. The minimum absolute atomic E-state index is 0. The van der Waals surface area contributed by atoms with Crippen LogP contribution in [0.4, 0.5) is 5.69 Å². The number of fused-ring (bicyclic) bond motifs is 5. The molecule has 0 atom stereocenters. The number of para-hydroxylation sites is 1. The van der Waals surface area contributed by atoms with Crippen LogP contribution in [0.1, 0.15) is 23.1 Å². The van der Waals surface area contributed by atoms with Gasteiger partial charge >= 0.3 is 142 Å². The molecule has 0 unspecified atom stereocenters. The Morgan fingerprint density at radius 3 is 2.58 bits per heavy atom. The Kier molecular flexibility index (Phi) is 5.11. The summed E-state index contributed by atoms with van der Waals surface area (Å²) in [5.74, 6) is 0. The average Bonchev–Trinajstić information content (AvgIpc) is 3.23. The summed E-state index contributed by atoms with van der Waals surface area (Å²) in [6.45, 7) is 0. The second-order valence-electron chi connectivity index (χ2n) is 5.75. The van der Waals surface area contributed by atoms with Crippen LogP contribution in [0, 0.1) is 0 Å². The molecule has 5 rings (SSSR count). The molecule has 0 radical (unpaired) electrons. The summed E-state index contributed by atoms with van der Waals surface area (Å²) >= 11 is -0.675. The molecule has 1 aliphatic heterocycles. The Labute approximate surface area is 165 Å². The molecule has 0 spiro atoms. The van der Waals surface area contributed by atoms with Gasteiger partial charge in [0, 0.05) is 0 Å². The van der Waals surface area contributed by atoms with Crippen molar-refractivity contribution in [1.29, 1.82) is 0 Å². The third-order valence-electron chi connectivity index (χ3n) is 4.40. The van der Waals surface area contributed by atoms with Crippen molar-refractivity contribution in [2.24, 2.45) is 4.99 Å². The standard InChI is InChI=1S/C15H8N.C5H5.2ClH.Zr/c1-2-6-11-10(5-1)9-13-12-7-3-4-8-14(12)16-15(11)13;1-2-4-5-3-1;;;/h1-4,6-9H;1-3H,4H2;2*1H;/q;;;;+2/p-2. The number of halogens is 2. The fraction of sp³-hybridized carbons (Fsp3) is 0.0500. The van der Waals surface area contributed by atoms with Crippen molar-refractivity contribution >= 4 is 26.3 Å². The van der Waals surface area contributed by atoms with E-state index < -0.39 is 23.2 Å². The minimum atomic E-state index is -0.675. The number of allylic oxidation sites excluding steroid dienone is 5. The molecule has 4 heteroatoms. The molecule has 116 valence electrons. The van der Waals surface area contributed by atoms with Crippen LogP contribution in [-0.2, 0) is 23.2 Å². The van der Waals surface area contributed by atoms with Gasteiger partial charge in [0.2, 0.25) is 0 Å². The normalized spacial score (nSPS) is 15.1.